The number of aromatic nitrogens is 3. The first-order valence-corrected chi connectivity index (χ1v) is 11.0. The predicted molar refractivity (Wildman–Crippen MR) is 127 cm³/mol. The third kappa shape index (κ3) is 4.25. The largest absolute Gasteiger partial charge is 0.394 e. The van der Waals surface area contributed by atoms with Gasteiger partial charge in [0.15, 0.2) is 6.23 Å². The van der Waals surface area contributed by atoms with Gasteiger partial charge in [-0.1, -0.05) is 60.4 Å². The van der Waals surface area contributed by atoms with Gasteiger partial charge in [0.05, 0.1) is 17.6 Å². The summed E-state index contributed by atoms with van der Waals surface area (Å²) in [5, 5.41) is 34.4. The average Bonchev–Trinajstić information content (AvgIpc) is 3.40. The summed E-state index contributed by atoms with van der Waals surface area (Å²) in [6.07, 6.45) is -1.11. The van der Waals surface area contributed by atoms with Crippen molar-refractivity contribution in [3.63, 3.8) is 0 Å². The maximum Gasteiger partial charge on any atom is 0.164 e. The van der Waals surface area contributed by atoms with Gasteiger partial charge in [0, 0.05) is 18.3 Å². The molecule has 172 valence electrons. The molecule has 8 heteroatoms. The molecule has 0 radical (unpaired) electrons. The highest BCUT2D eigenvalue weighted by atomic mass is 16.6. The minimum atomic E-state index is -1.24. The van der Waals surface area contributed by atoms with Crippen LogP contribution in [0, 0.1) is 11.8 Å². The quantitative estimate of drug-likeness (QED) is 0.340. The van der Waals surface area contributed by atoms with Gasteiger partial charge in [-0.25, -0.2) is 9.97 Å². The lowest BCUT2D eigenvalue weighted by atomic mass is 10.1. The van der Waals surface area contributed by atoms with Gasteiger partial charge in [-0.15, -0.1) is 0 Å². The van der Waals surface area contributed by atoms with E-state index >= 15 is 0 Å². The molecule has 3 heterocycles. The third-order valence-electron chi connectivity index (χ3n) is 5.82. The van der Waals surface area contributed by atoms with Crippen LogP contribution in [0.3, 0.4) is 0 Å². The van der Waals surface area contributed by atoms with Gasteiger partial charge < -0.3 is 29.9 Å². The number of hydrogen-bond donors (Lipinski definition) is 4. The molecule has 1 fully saturated rings. The molecule has 4 atom stereocenters. The molecular weight excluding hydrogens is 432 g/mol. The van der Waals surface area contributed by atoms with Crippen LogP contribution in [0.4, 0.5) is 5.82 Å². The number of rotatable bonds is 5. The van der Waals surface area contributed by atoms with E-state index in [0.29, 0.717) is 29.0 Å². The number of fused-ring (bicyclic) bond motifs is 1. The summed E-state index contributed by atoms with van der Waals surface area (Å²) < 4.78 is 7.40. The molecule has 1 aliphatic rings. The summed E-state index contributed by atoms with van der Waals surface area (Å²) in [4.78, 5) is 8.88. The Bertz CT molecular complexity index is 1330. The van der Waals surface area contributed by atoms with Crippen molar-refractivity contribution in [1.29, 1.82) is 0 Å². The second-order valence-electron chi connectivity index (χ2n) is 8.05. The number of anilines is 1. The van der Waals surface area contributed by atoms with Crippen molar-refractivity contribution < 1.29 is 20.1 Å². The van der Waals surface area contributed by atoms with E-state index in [4.69, 9.17) is 4.74 Å². The van der Waals surface area contributed by atoms with Crippen molar-refractivity contribution in [1.82, 2.24) is 14.5 Å². The molecule has 0 unspecified atom stereocenters. The van der Waals surface area contributed by atoms with E-state index in [9.17, 15) is 15.3 Å². The van der Waals surface area contributed by atoms with Crippen LogP contribution in [0.2, 0.25) is 0 Å². The van der Waals surface area contributed by atoms with Crippen molar-refractivity contribution >= 4 is 16.9 Å². The standard InChI is InChI=1S/C26H24N4O4/c31-15-20-22(32)23(33)26(34-20)30-14-19(12-11-17-7-3-1-4-8-17)21-24(28-16-29-25(21)30)27-13-18-9-5-2-6-10-18/h1-10,14,16,20,22-23,26,31-33H,13,15H2,(H,27,28,29)/t20-,22-,23-,26-/m1/s1. The summed E-state index contributed by atoms with van der Waals surface area (Å²) in [5.41, 5.74) is 3.09. The van der Waals surface area contributed by atoms with E-state index in [2.05, 4.69) is 27.1 Å². The number of nitrogens with one attached hydrogen (secondary N) is 1. The van der Waals surface area contributed by atoms with Crippen LogP contribution in [0.5, 0.6) is 0 Å². The highest BCUT2D eigenvalue weighted by Crippen LogP contribution is 2.35. The van der Waals surface area contributed by atoms with Crippen molar-refractivity contribution in [2.75, 3.05) is 11.9 Å². The minimum absolute atomic E-state index is 0.409. The van der Waals surface area contributed by atoms with Crippen LogP contribution in [0.25, 0.3) is 11.0 Å². The molecule has 8 nitrogen and oxygen atoms in total. The van der Waals surface area contributed by atoms with Crippen molar-refractivity contribution in [3.05, 3.63) is 89.9 Å². The highest BCUT2D eigenvalue weighted by molar-refractivity contribution is 5.93. The Labute approximate surface area is 196 Å². The number of aliphatic hydroxyl groups is 3. The first-order chi connectivity index (χ1) is 16.7. The van der Waals surface area contributed by atoms with Gasteiger partial charge >= 0.3 is 0 Å². The van der Waals surface area contributed by atoms with Crippen LogP contribution in [-0.4, -0.2) is 54.8 Å². The van der Waals surface area contributed by atoms with Crippen molar-refractivity contribution in [2.24, 2.45) is 0 Å². The molecule has 2 aromatic heterocycles. The number of aliphatic hydroxyl groups excluding tert-OH is 3. The molecule has 0 bridgehead atoms. The molecule has 34 heavy (non-hydrogen) atoms. The van der Waals surface area contributed by atoms with E-state index in [0.717, 1.165) is 11.1 Å². The topological polar surface area (TPSA) is 113 Å². The summed E-state index contributed by atoms with van der Waals surface area (Å²) in [6.45, 7) is 0.144. The first kappa shape index (κ1) is 22.1. The fourth-order valence-electron chi connectivity index (χ4n) is 4.06. The maximum absolute atomic E-state index is 10.6. The number of hydrogen-bond acceptors (Lipinski definition) is 7. The van der Waals surface area contributed by atoms with Crippen LogP contribution in [0.1, 0.15) is 22.9 Å². The van der Waals surface area contributed by atoms with Crippen molar-refractivity contribution in [2.45, 2.75) is 31.1 Å². The smallest absolute Gasteiger partial charge is 0.164 e. The van der Waals surface area contributed by atoms with Crippen LogP contribution >= 0.6 is 0 Å². The second-order valence-corrected chi connectivity index (χ2v) is 8.05. The molecular formula is C26H24N4O4. The Balaban J connectivity index is 1.59. The minimum Gasteiger partial charge on any atom is -0.394 e. The number of nitrogens with zero attached hydrogens (tertiary/aromatic N) is 3. The lowest BCUT2D eigenvalue weighted by Crippen LogP contribution is -2.33. The van der Waals surface area contributed by atoms with E-state index in [-0.39, 0.29) is 0 Å². The van der Waals surface area contributed by atoms with Crippen LogP contribution in [-0.2, 0) is 11.3 Å². The van der Waals surface area contributed by atoms with Crippen LogP contribution in [0.15, 0.2) is 73.2 Å². The van der Waals surface area contributed by atoms with Gasteiger partial charge in [0.1, 0.15) is 36.1 Å². The Morgan fingerprint density at radius 2 is 1.68 bits per heavy atom. The number of benzene rings is 2. The molecule has 1 aliphatic heterocycles. The average molecular weight is 457 g/mol. The predicted octanol–water partition coefficient (Wildman–Crippen LogP) is 2.05. The zero-order valence-corrected chi connectivity index (χ0v) is 18.2. The van der Waals surface area contributed by atoms with Crippen molar-refractivity contribution in [3.8, 4) is 11.8 Å². The summed E-state index contributed by atoms with van der Waals surface area (Å²) in [7, 11) is 0. The third-order valence-corrected chi connectivity index (χ3v) is 5.82. The van der Waals surface area contributed by atoms with Gasteiger partial charge in [0.2, 0.25) is 0 Å². The molecule has 2 aromatic carbocycles. The molecule has 0 spiro atoms. The second kappa shape index (κ2) is 9.63. The van der Waals surface area contributed by atoms with E-state index in [1.165, 1.54) is 6.33 Å². The van der Waals surface area contributed by atoms with E-state index in [1.807, 2.05) is 60.7 Å². The lowest BCUT2D eigenvalue weighted by Gasteiger charge is -2.17. The highest BCUT2D eigenvalue weighted by Gasteiger charge is 2.44. The summed E-state index contributed by atoms with van der Waals surface area (Å²) >= 11 is 0. The maximum atomic E-state index is 10.6. The SMILES string of the molecule is OC[C@H]1O[C@@H](n2cc(C#Cc3ccccc3)c3c(NCc4ccccc4)ncnc32)[C@H](O)[C@@H]1O. The summed E-state index contributed by atoms with van der Waals surface area (Å²) in [6, 6.07) is 19.6. The Hall–Kier alpha value is -3.74. The lowest BCUT2D eigenvalue weighted by molar-refractivity contribution is -0.0508. The zero-order valence-electron chi connectivity index (χ0n) is 18.2. The van der Waals surface area contributed by atoms with Gasteiger partial charge in [0.25, 0.3) is 0 Å². The Kier molecular flexibility index (Phi) is 6.25. The van der Waals surface area contributed by atoms with E-state index in [1.54, 1.807) is 10.8 Å². The van der Waals surface area contributed by atoms with Gasteiger partial charge in [-0.05, 0) is 17.7 Å². The molecule has 0 saturated carbocycles. The molecule has 1 saturated heterocycles. The Morgan fingerprint density at radius 1 is 0.941 bits per heavy atom. The normalized spacial score (nSPS) is 21.9. The Morgan fingerprint density at radius 3 is 2.38 bits per heavy atom. The first-order valence-electron chi connectivity index (χ1n) is 11.0. The molecule has 4 N–H and O–H groups in total. The van der Waals surface area contributed by atoms with E-state index < -0.39 is 31.1 Å². The molecule has 5 rings (SSSR count). The molecule has 4 aromatic rings. The molecule has 0 amide bonds. The fraction of sp³-hybridized carbons (Fsp3) is 0.231. The fourth-order valence-corrected chi connectivity index (χ4v) is 4.06. The zero-order chi connectivity index (χ0) is 23.5. The van der Waals surface area contributed by atoms with Gasteiger partial charge in [-0.2, -0.15) is 0 Å². The molecule has 0 aliphatic carbocycles. The number of ether oxygens (including phenoxy) is 1. The van der Waals surface area contributed by atoms with Gasteiger partial charge in [-0.3, -0.25) is 0 Å². The van der Waals surface area contributed by atoms with Crippen LogP contribution < -0.4 is 5.32 Å². The summed E-state index contributed by atoms with van der Waals surface area (Å²) in [5.74, 6) is 6.95. The monoisotopic (exact) mass is 456 g/mol.